The summed E-state index contributed by atoms with van der Waals surface area (Å²) < 4.78 is 21.2. The lowest BCUT2D eigenvalue weighted by molar-refractivity contribution is 0.441. The van der Waals surface area contributed by atoms with Gasteiger partial charge in [-0.05, 0) is 30.7 Å². The van der Waals surface area contributed by atoms with Crippen molar-refractivity contribution in [2.24, 2.45) is 0 Å². The molecule has 144 valence electrons. The molecule has 0 unspecified atom stereocenters. The first-order valence-electron chi connectivity index (χ1n) is 8.70. The molecule has 0 bridgehead atoms. The van der Waals surface area contributed by atoms with E-state index in [0.29, 0.717) is 33.5 Å². The van der Waals surface area contributed by atoms with E-state index in [1.54, 1.807) is 30.3 Å². The summed E-state index contributed by atoms with van der Waals surface area (Å²) in [5.74, 6) is -0.335. The third-order valence-electron chi connectivity index (χ3n) is 4.07. The molecule has 0 radical (unpaired) electrons. The van der Waals surface area contributed by atoms with Crippen LogP contribution in [0, 0.1) is 17.1 Å². The van der Waals surface area contributed by atoms with Crippen LogP contribution in [0.1, 0.15) is 18.2 Å². The number of anilines is 2. The van der Waals surface area contributed by atoms with E-state index in [9.17, 15) is 9.18 Å². The number of aryl methyl sites for hydroxylation is 1. The highest BCUT2D eigenvalue weighted by Gasteiger charge is 2.12. The molecule has 0 atom stereocenters. The Bertz CT molecular complexity index is 1310. The third-order valence-corrected chi connectivity index (χ3v) is 4.89. The summed E-state index contributed by atoms with van der Waals surface area (Å²) in [5.41, 5.74) is 1.18. The first-order valence-corrected chi connectivity index (χ1v) is 9.52. The largest absolute Gasteiger partial charge is 0.453 e. The van der Waals surface area contributed by atoms with Crippen LogP contribution in [-0.4, -0.2) is 14.6 Å². The van der Waals surface area contributed by atoms with Crippen molar-refractivity contribution in [1.29, 1.82) is 5.26 Å². The first kappa shape index (κ1) is 18.6. The molecule has 4 aromatic rings. The minimum atomic E-state index is -0.604. The Hall–Kier alpha value is -3.77. The second-order valence-corrected chi connectivity index (χ2v) is 6.98. The summed E-state index contributed by atoms with van der Waals surface area (Å²) in [6.45, 7) is 1.92. The van der Waals surface area contributed by atoms with Gasteiger partial charge >= 0.3 is 0 Å². The van der Waals surface area contributed by atoms with Crippen molar-refractivity contribution in [3.05, 3.63) is 76.0 Å². The van der Waals surface area contributed by atoms with E-state index in [-0.39, 0.29) is 17.1 Å². The zero-order valence-corrected chi connectivity index (χ0v) is 16.0. The van der Waals surface area contributed by atoms with E-state index in [1.807, 2.05) is 13.0 Å². The molecular formula is C20H14FN5O2S. The number of fused-ring (bicyclic) bond motifs is 1. The summed E-state index contributed by atoms with van der Waals surface area (Å²) in [5, 5.41) is 16.7. The smallest absolute Gasteiger partial charge is 0.275 e. The maximum absolute atomic E-state index is 14.5. The van der Waals surface area contributed by atoms with Crippen LogP contribution in [0.15, 0.2) is 53.3 Å². The number of para-hydroxylation sites is 1. The van der Waals surface area contributed by atoms with Gasteiger partial charge in [-0.1, -0.05) is 30.4 Å². The topological polar surface area (TPSA) is 92.3 Å². The number of halogens is 1. The van der Waals surface area contributed by atoms with Gasteiger partial charge < -0.3 is 10.1 Å². The van der Waals surface area contributed by atoms with Crippen LogP contribution >= 0.6 is 11.3 Å². The number of benzene rings is 2. The van der Waals surface area contributed by atoms with Crippen molar-refractivity contribution in [2.45, 2.75) is 13.3 Å². The monoisotopic (exact) mass is 407 g/mol. The third kappa shape index (κ3) is 3.79. The van der Waals surface area contributed by atoms with E-state index in [2.05, 4.69) is 15.4 Å². The van der Waals surface area contributed by atoms with E-state index in [0.717, 1.165) is 0 Å². The zero-order valence-electron chi connectivity index (χ0n) is 15.2. The Morgan fingerprint density at radius 2 is 2.07 bits per heavy atom. The van der Waals surface area contributed by atoms with Crippen LogP contribution in [0.3, 0.4) is 0 Å². The molecule has 2 aromatic carbocycles. The van der Waals surface area contributed by atoms with E-state index < -0.39 is 5.82 Å². The van der Waals surface area contributed by atoms with Gasteiger partial charge in [0.2, 0.25) is 10.1 Å². The molecular weight excluding hydrogens is 393 g/mol. The van der Waals surface area contributed by atoms with Crippen LogP contribution in [0.2, 0.25) is 0 Å². The van der Waals surface area contributed by atoms with Crippen molar-refractivity contribution in [2.75, 3.05) is 5.32 Å². The van der Waals surface area contributed by atoms with Crippen molar-refractivity contribution < 1.29 is 9.13 Å². The number of hydrogen-bond donors (Lipinski definition) is 1. The fourth-order valence-corrected chi connectivity index (χ4v) is 3.48. The Balaban J connectivity index is 1.58. The van der Waals surface area contributed by atoms with Crippen molar-refractivity contribution >= 4 is 27.1 Å². The first-order chi connectivity index (χ1) is 14.1. The van der Waals surface area contributed by atoms with Crippen molar-refractivity contribution in [3.8, 4) is 17.6 Å². The lowest BCUT2D eigenvalue weighted by Crippen LogP contribution is -2.15. The highest BCUT2D eigenvalue weighted by atomic mass is 32.1. The number of aromatic nitrogens is 3. The molecule has 0 fully saturated rings. The van der Waals surface area contributed by atoms with Gasteiger partial charge in [-0.25, -0.2) is 9.37 Å². The van der Waals surface area contributed by atoms with Gasteiger partial charge in [0.1, 0.15) is 11.8 Å². The lowest BCUT2D eigenvalue weighted by Gasteiger charge is -2.09. The molecule has 0 saturated carbocycles. The lowest BCUT2D eigenvalue weighted by atomic mass is 10.2. The van der Waals surface area contributed by atoms with Crippen LogP contribution in [0.25, 0.3) is 4.96 Å². The van der Waals surface area contributed by atoms with E-state index >= 15 is 0 Å². The predicted molar refractivity (Wildman–Crippen MR) is 107 cm³/mol. The molecule has 2 aromatic heterocycles. The summed E-state index contributed by atoms with van der Waals surface area (Å²) in [6.07, 6.45) is 0.647. The summed E-state index contributed by atoms with van der Waals surface area (Å²) in [4.78, 5) is 16.9. The second kappa shape index (κ2) is 7.69. The molecule has 1 N–H and O–H groups in total. The maximum atomic E-state index is 14.5. The Labute approximate surface area is 168 Å². The fraction of sp³-hybridized carbons (Fsp3) is 0.100. The quantitative estimate of drug-likeness (QED) is 0.531. The Morgan fingerprint density at radius 1 is 1.24 bits per heavy atom. The van der Waals surface area contributed by atoms with Gasteiger partial charge in [0.15, 0.2) is 11.6 Å². The molecule has 29 heavy (non-hydrogen) atoms. The maximum Gasteiger partial charge on any atom is 0.275 e. The molecule has 4 rings (SSSR count). The molecule has 0 aliphatic rings. The average Bonchev–Trinajstić information content (AvgIpc) is 3.13. The Kier molecular flexibility index (Phi) is 4.93. The number of hydrogen-bond acceptors (Lipinski definition) is 7. The van der Waals surface area contributed by atoms with Crippen molar-refractivity contribution in [3.63, 3.8) is 0 Å². The van der Waals surface area contributed by atoms with Gasteiger partial charge in [-0.2, -0.15) is 9.78 Å². The Morgan fingerprint density at radius 3 is 2.83 bits per heavy atom. The van der Waals surface area contributed by atoms with Gasteiger partial charge in [-0.3, -0.25) is 4.79 Å². The predicted octanol–water partition coefficient (Wildman–Crippen LogP) is 4.26. The number of nitrogens with one attached hydrogen (secondary N) is 1. The number of nitrogens with zero attached hydrogens (tertiary/aromatic N) is 4. The average molecular weight is 407 g/mol. The van der Waals surface area contributed by atoms with Crippen molar-refractivity contribution in [1.82, 2.24) is 14.6 Å². The molecule has 0 amide bonds. The second-order valence-electron chi connectivity index (χ2n) is 6.02. The standard InChI is InChI=1S/C20H14FN5O2S/c1-2-13-10-18(27)26-20(24-13)29-19(25-26)23-14-7-8-17(15(21)9-14)28-16-6-4-3-5-12(16)11-22/h3-10H,2H2,1H3,(H,23,25). The minimum Gasteiger partial charge on any atom is -0.453 e. The fourth-order valence-electron chi connectivity index (χ4n) is 2.64. The molecule has 0 aliphatic carbocycles. The number of rotatable bonds is 5. The zero-order chi connectivity index (χ0) is 20.4. The SMILES string of the molecule is CCc1cc(=O)n2nc(Nc3ccc(Oc4ccccc4C#N)c(F)c3)sc2n1. The van der Waals surface area contributed by atoms with Gasteiger partial charge in [0, 0.05) is 23.5 Å². The van der Waals surface area contributed by atoms with Gasteiger partial charge in [0.25, 0.3) is 5.56 Å². The summed E-state index contributed by atoms with van der Waals surface area (Å²) in [6, 6.07) is 14.4. The molecule has 9 heteroatoms. The van der Waals surface area contributed by atoms with Crippen LogP contribution in [-0.2, 0) is 6.42 Å². The van der Waals surface area contributed by atoms with E-state index in [4.69, 9.17) is 10.00 Å². The van der Waals surface area contributed by atoms with Crippen LogP contribution in [0.4, 0.5) is 15.2 Å². The van der Waals surface area contributed by atoms with Gasteiger partial charge in [-0.15, -0.1) is 5.10 Å². The van der Waals surface area contributed by atoms with Crippen LogP contribution in [0.5, 0.6) is 11.5 Å². The summed E-state index contributed by atoms with van der Waals surface area (Å²) >= 11 is 1.19. The van der Waals surface area contributed by atoms with Crippen LogP contribution < -0.4 is 15.6 Å². The number of ether oxygens (including phenoxy) is 1. The molecule has 0 saturated heterocycles. The number of nitriles is 1. The molecule has 0 aliphatic heterocycles. The van der Waals surface area contributed by atoms with Gasteiger partial charge in [0.05, 0.1) is 5.56 Å². The summed E-state index contributed by atoms with van der Waals surface area (Å²) in [7, 11) is 0. The normalized spacial score (nSPS) is 10.7. The van der Waals surface area contributed by atoms with E-state index in [1.165, 1.54) is 34.1 Å². The molecule has 7 nitrogen and oxygen atoms in total. The molecule has 2 heterocycles. The molecule has 0 spiro atoms. The highest BCUT2D eigenvalue weighted by Crippen LogP contribution is 2.30. The minimum absolute atomic E-state index is 0.00646. The highest BCUT2D eigenvalue weighted by molar-refractivity contribution is 7.20.